The molecular weight excluding hydrogens is 185 g/mol. The molecule has 0 fully saturated rings. The highest BCUT2D eigenvalue weighted by molar-refractivity contribution is 5.51. The largest absolute Gasteiger partial charge is 0.396 e. The Kier molecular flexibility index (Phi) is 4.35. The number of aliphatic hydroxyl groups excluding tert-OH is 2. The summed E-state index contributed by atoms with van der Waals surface area (Å²) in [7, 11) is 0. The van der Waals surface area contributed by atoms with E-state index in [9.17, 15) is 4.39 Å². The van der Waals surface area contributed by atoms with Crippen LogP contribution in [0.4, 0.5) is 10.1 Å². The van der Waals surface area contributed by atoms with Gasteiger partial charge in [0.25, 0.3) is 0 Å². The van der Waals surface area contributed by atoms with Crippen molar-refractivity contribution in [1.29, 1.82) is 0 Å². The molecule has 0 aliphatic carbocycles. The minimum Gasteiger partial charge on any atom is -0.396 e. The number of hydrogen-bond acceptors (Lipinski definition) is 3. The lowest BCUT2D eigenvalue weighted by Gasteiger charge is -2.10. The highest BCUT2D eigenvalue weighted by atomic mass is 19.1. The summed E-state index contributed by atoms with van der Waals surface area (Å²) in [5.41, 5.74) is 1.48. The molecule has 0 radical (unpaired) electrons. The van der Waals surface area contributed by atoms with E-state index in [0.29, 0.717) is 13.0 Å². The molecule has 0 bridgehead atoms. The Hall–Kier alpha value is -1.13. The van der Waals surface area contributed by atoms with Gasteiger partial charge in [0.15, 0.2) is 0 Å². The van der Waals surface area contributed by atoms with E-state index in [1.165, 1.54) is 12.1 Å². The molecule has 0 amide bonds. The molecule has 1 aromatic rings. The first-order valence-corrected chi connectivity index (χ1v) is 4.52. The van der Waals surface area contributed by atoms with Gasteiger partial charge in [0, 0.05) is 18.8 Å². The van der Waals surface area contributed by atoms with Crippen LogP contribution in [0.2, 0.25) is 0 Å². The number of benzene rings is 1. The van der Waals surface area contributed by atoms with E-state index in [4.69, 9.17) is 10.2 Å². The lowest BCUT2D eigenvalue weighted by atomic mass is 10.1. The third-order valence-corrected chi connectivity index (χ3v) is 1.88. The molecule has 3 N–H and O–H groups in total. The molecule has 0 saturated heterocycles. The van der Waals surface area contributed by atoms with Crippen LogP contribution in [0.15, 0.2) is 18.2 Å². The fourth-order valence-corrected chi connectivity index (χ4v) is 1.25. The summed E-state index contributed by atoms with van der Waals surface area (Å²) in [5, 5.41) is 20.3. The fourth-order valence-electron chi connectivity index (χ4n) is 1.25. The molecule has 0 atom stereocenters. The molecule has 0 aliphatic heterocycles. The average Bonchev–Trinajstić information content (AvgIpc) is 2.17. The summed E-state index contributed by atoms with van der Waals surface area (Å²) >= 11 is 0. The van der Waals surface area contributed by atoms with Crippen molar-refractivity contribution in [2.45, 2.75) is 6.42 Å². The predicted molar refractivity (Wildman–Crippen MR) is 52.8 cm³/mol. The summed E-state index contributed by atoms with van der Waals surface area (Å²) in [4.78, 5) is 0. The van der Waals surface area contributed by atoms with Gasteiger partial charge in [-0.2, -0.15) is 0 Å². The van der Waals surface area contributed by atoms with Crippen molar-refractivity contribution in [1.82, 2.24) is 0 Å². The van der Waals surface area contributed by atoms with E-state index >= 15 is 0 Å². The van der Waals surface area contributed by atoms with Gasteiger partial charge in [0.2, 0.25) is 0 Å². The Labute approximate surface area is 82.2 Å². The molecule has 1 rings (SSSR count). The molecule has 0 aliphatic rings. The number of anilines is 1. The molecule has 78 valence electrons. The SMILES string of the molecule is OCCNc1ccc(F)cc1CCO. The van der Waals surface area contributed by atoms with E-state index in [2.05, 4.69) is 5.32 Å². The average molecular weight is 199 g/mol. The van der Waals surface area contributed by atoms with Crippen molar-refractivity contribution in [2.24, 2.45) is 0 Å². The lowest BCUT2D eigenvalue weighted by Crippen LogP contribution is -2.08. The maximum atomic E-state index is 12.8. The molecule has 14 heavy (non-hydrogen) atoms. The molecular formula is C10H14FNO2. The predicted octanol–water partition coefficient (Wildman–Crippen LogP) is 0.765. The maximum Gasteiger partial charge on any atom is 0.123 e. The summed E-state index contributed by atoms with van der Waals surface area (Å²) < 4.78 is 12.8. The summed E-state index contributed by atoms with van der Waals surface area (Å²) in [5.74, 6) is -0.317. The Morgan fingerprint density at radius 1 is 1.21 bits per heavy atom. The maximum absolute atomic E-state index is 12.8. The zero-order chi connectivity index (χ0) is 10.4. The van der Waals surface area contributed by atoms with E-state index in [1.807, 2.05) is 0 Å². The van der Waals surface area contributed by atoms with Gasteiger partial charge in [0.1, 0.15) is 5.82 Å². The van der Waals surface area contributed by atoms with Gasteiger partial charge in [-0.1, -0.05) is 0 Å². The number of hydrogen-bond donors (Lipinski definition) is 3. The molecule has 0 saturated carbocycles. The van der Waals surface area contributed by atoms with Crippen LogP contribution >= 0.6 is 0 Å². The van der Waals surface area contributed by atoms with Crippen LogP contribution in [-0.4, -0.2) is 30.0 Å². The first-order valence-electron chi connectivity index (χ1n) is 4.52. The van der Waals surface area contributed by atoms with Gasteiger partial charge in [-0.15, -0.1) is 0 Å². The molecule has 4 heteroatoms. The topological polar surface area (TPSA) is 52.5 Å². The monoisotopic (exact) mass is 199 g/mol. The highest BCUT2D eigenvalue weighted by Crippen LogP contribution is 2.17. The van der Waals surface area contributed by atoms with Crippen LogP contribution in [0.25, 0.3) is 0 Å². The fraction of sp³-hybridized carbons (Fsp3) is 0.400. The second-order valence-electron chi connectivity index (χ2n) is 2.93. The second kappa shape index (κ2) is 5.57. The third-order valence-electron chi connectivity index (χ3n) is 1.88. The van der Waals surface area contributed by atoms with Crippen molar-refractivity contribution in [2.75, 3.05) is 25.1 Å². The Bertz CT molecular complexity index is 291. The summed E-state index contributed by atoms with van der Waals surface area (Å²) in [6.07, 6.45) is 0.408. The summed E-state index contributed by atoms with van der Waals surface area (Å²) in [6, 6.07) is 4.34. The highest BCUT2D eigenvalue weighted by Gasteiger charge is 2.02. The van der Waals surface area contributed by atoms with Gasteiger partial charge in [-0.05, 0) is 30.2 Å². The number of nitrogens with one attached hydrogen (secondary N) is 1. The van der Waals surface area contributed by atoms with Crippen molar-refractivity contribution in [3.05, 3.63) is 29.6 Å². The second-order valence-corrected chi connectivity index (χ2v) is 2.93. The molecule has 0 spiro atoms. The van der Waals surface area contributed by atoms with Crippen LogP contribution in [0.3, 0.4) is 0 Å². The standard InChI is InChI=1S/C10H14FNO2/c11-9-1-2-10(12-4-6-14)8(7-9)3-5-13/h1-2,7,12-14H,3-6H2. The molecule has 0 heterocycles. The van der Waals surface area contributed by atoms with Crippen LogP contribution < -0.4 is 5.32 Å². The lowest BCUT2D eigenvalue weighted by molar-refractivity contribution is 0.299. The van der Waals surface area contributed by atoms with Crippen LogP contribution in [0.5, 0.6) is 0 Å². The van der Waals surface area contributed by atoms with Gasteiger partial charge in [0.05, 0.1) is 6.61 Å². The number of aliphatic hydroxyl groups is 2. The van der Waals surface area contributed by atoms with E-state index < -0.39 is 0 Å². The molecule has 0 aromatic heterocycles. The Morgan fingerprint density at radius 3 is 2.64 bits per heavy atom. The number of halogens is 1. The van der Waals surface area contributed by atoms with Gasteiger partial charge in [-0.3, -0.25) is 0 Å². The first-order chi connectivity index (χ1) is 6.77. The zero-order valence-corrected chi connectivity index (χ0v) is 7.83. The van der Waals surface area contributed by atoms with E-state index in [-0.39, 0.29) is 19.0 Å². The van der Waals surface area contributed by atoms with E-state index in [1.54, 1.807) is 6.07 Å². The van der Waals surface area contributed by atoms with Crippen molar-refractivity contribution in [3.63, 3.8) is 0 Å². The van der Waals surface area contributed by atoms with Crippen LogP contribution in [0, 0.1) is 5.82 Å². The van der Waals surface area contributed by atoms with Gasteiger partial charge >= 0.3 is 0 Å². The first kappa shape index (κ1) is 10.9. The third kappa shape index (κ3) is 2.97. The Morgan fingerprint density at radius 2 is 2.00 bits per heavy atom. The van der Waals surface area contributed by atoms with Gasteiger partial charge in [-0.25, -0.2) is 4.39 Å². The smallest absolute Gasteiger partial charge is 0.123 e. The normalized spacial score (nSPS) is 10.2. The quantitative estimate of drug-likeness (QED) is 0.656. The minimum absolute atomic E-state index is 0.0166. The van der Waals surface area contributed by atoms with Crippen molar-refractivity contribution >= 4 is 5.69 Å². The van der Waals surface area contributed by atoms with E-state index in [0.717, 1.165) is 11.3 Å². The molecule has 1 aromatic carbocycles. The van der Waals surface area contributed by atoms with Crippen LogP contribution in [0.1, 0.15) is 5.56 Å². The summed E-state index contributed by atoms with van der Waals surface area (Å²) in [6.45, 7) is 0.428. The number of rotatable bonds is 5. The Balaban J connectivity index is 2.78. The zero-order valence-electron chi connectivity index (χ0n) is 7.83. The minimum atomic E-state index is -0.317. The van der Waals surface area contributed by atoms with Crippen LogP contribution in [-0.2, 0) is 6.42 Å². The molecule has 3 nitrogen and oxygen atoms in total. The van der Waals surface area contributed by atoms with Crippen molar-refractivity contribution < 1.29 is 14.6 Å². The molecule has 0 unspecified atom stereocenters. The van der Waals surface area contributed by atoms with Crippen molar-refractivity contribution in [3.8, 4) is 0 Å². The van der Waals surface area contributed by atoms with Gasteiger partial charge < -0.3 is 15.5 Å².